The number of fused-ring (bicyclic) bond motifs is 2. The number of rotatable bonds is 5. The molecule has 1 aliphatic heterocycles. The van der Waals surface area contributed by atoms with E-state index < -0.39 is 30.5 Å². The Morgan fingerprint density at radius 2 is 1.94 bits per heavy atom. The van der Waals surface area contributed by atoms with Crippen LogP contribution in [0.4, 0.5) is 18.0 Å². The lowest BCUT2D eigenvalue weighted by Gasteiger charge is -2.22. The molecule has 4 heterocycles. The number of urea groups is 1. The summed E-state index contributed by atoms with van der Waals surface area (Å²) in [6, 6.07) is 8.68. The fourth-order valence-electron chi connectivity index (χ4n) is 5.06. The molecule has 3 aromatic heterocycles. The first-order valence-corrected chi connectivity index (χ1v) is 11.6. The van der Waals surface area contributed by atoms with Gasteiger partial charge in [0.15, 0.2) is 5.65 Å². The first-order valence-electron chi connectivity index (χ1n) is 11.6. The van der Waals surface area contributed by atoms with Gasteiger partial charge in [0.05, 0.1) is 17.1 Å². The molecule has 3 amide bonds. The second-order valence-electron chi connectivity index (χ2n) is 9.29. The number of carbonyl (C=O) groups excluding carboxylic acids is 2. The summed E-state index contributed by atoms with van der Waals surface area (Å²) < 4.78 is 40.5. The van der Waals surface area contributed by atoms with Crippen LogP contribution in [0.3, 0.4) is 0 Å². The predicted octanol–water partition coefficient (Wildman–Crippen LogP) is 3.97. The van der Waals surface area contributed by atoms with Crippen molar-refractivity contribution in [2.45, 2.75) is 43.2 Å². The summed E-state index contributed by atoms with van der Waals surface area (Å²) in [5.41, 5.74) is 4.35. The van der Waals surface area contributed by atoms with E-state index in [2.05, 4.69) is 25.7 Å². The molecule has 2 fully saturated rings. The van der Waals surface area contributed by atoms with Crippen LogP contribution in [0, 0.1) is 0 Å². The molecule has 0 bridgehead atoms. The first-order chi connectivity index (χ1) is 17.3. The lowest BCUT2D eigenvalue weighted by molar-refractivity contribution is -0.134. The lowest BCUT2D eigenvalue weighted by Crippen LogP contribution is -2.51. The third-order valence-corrected chi connectivity index (χ3v) is 6.91. The molecule has 4 aromatic rings. The summed E-state index contributed by atoms with van der Waals surface area (Å²) in [4.78, 5) is 32.8. The van der Waals surface area contributed by atoms with Gasteiger partial charge in [-0.15, -0.1) is 0 Å². The molecular weight excluding hydrogens is 473 g/mol. The van der Waals surface area contributed by atoms with Gasteiger partial charge in [-0.1, -0.05) is 12.1 Å². The Hall–Kier alpha value is -4.02. The first kappa shape index (κ1) is 22.4. The molecule has 1 aliphatic carbocycles. The SMILES string of the molecule is O=C1NCC(c2cc([C@H]3C[C@@H]3c3cc(CCC(F)(F)F)c4cccnc4c3)c3nccn3n2)C(=O)N1. The van der Waals surface area contributed by atoms with Crippen LogP contribution in [0.15, 0.2) is 48.9 Å². The fourth-order valence-corrected chi connectivity index (χ4v) is 5.06. The quantitative estimate of drug-likeness (QED) is 0.437. The molecular formula is C25H21F3N6O2. The molecule has 2 aliphatic rings. The number of imide groups is 1. The van der Waals surface area contributed by atoms with Gasteiger partial charge in [0.1, 0.15) is 0 Å². The Bertz CT molecular complexity index is 1510. The van der Waals surface area contributed by atoms with Gasteiger partial charge >= 0.3 is 12.2 Å². The topological polar surface area (TPSA) is 101 Å². The van der Waals surface area contributed by atoms with Crippen molar-refractivity contribution in [2.24, 2.45) is 0 Å². The van der Waals surface area contributed by atoms with Crippen molar-refractivity contribution in [2.75, 3.05) is 6.54 Å². The van der Waals surface area contributed by atoms with E-state index in [4.69, 9.17) is 0 Å². The van der Waals surface area contributed by atoms with Gasteiger partial charge in [-0.3, -0.25) is 15.1 Å². The highest BCUT2D eigenvalue weighted by Crippen LogP contribution is 2.56. The summed E-state index contributed by atoms with van der Waals surface area (Å²) in [6.45, 7) is 0.143. The second kappa shape index (κ2) is 8.28. The number of hydrogen-bond donors (Lipinski definition) is 2. The number of nitrogens with one attached hydrogen (secondary N) is 2. The highest BCUT2D eigenvalue weighted by molar-refractivity contribution is 6.00. The number of benzene rings is 1. The van der Waals surface area contributed by atoms with Gasteiger partial charge in [-0.2, -0.15) is 18.3 Å². The van der Waals surface area contributed by atoms with E-state index in [1.54, 1.807) is 35.2 Å². The van der Waals surface area contributed by atoms with E-state index >= 15 is 0 Å². The molecule has 184 valence electrons. The normalized spacial score (nSPS) is 22.0. The molecule has 1 unspecified atom stereocenters. The number of aromatic nitrogens is 4. The van der Waals surface area contributed by atoms with Gasteiger partial charge < -0.3 is 5.32 Å². The number of imidazole rings is 1. The number of hydrogen-bond acceptors (Lipinski definition) is 5. The molecule has 2 N–H and O–H groups in total. The average molecular weight is 494 g/mol. The number of carbonyl (C=O) groups is 2. The molecule has 0 spiro atoms. The van der Waals surface area contributed by atoms with Crippen molar-refractivity contribution in [3.8, 4) is 0 Å². The van der Waals surface area contributed by atoms with Gasteiger partial charge in [-0.05, 0) is 54.0 Å². The molecule has 1 saturated heterocycles. The van der Waals surface area contributed by atoms with E-state index in [-0.39, 0.29) is 24.8 Å². The number of alkyl halides is 3. The molecule has 36 heavy (non-hydrogen) atoms. The van der Waals surface area contributed by atoms with Crippen molar-refractivity contribution in [3.63, 3.8) is 0 Å². The van der Waals surface area contributed by atoms with Crippen molar-refractivity contribution in [1.29, 1.82) is 0 Å². The molecule has 6 rings (SSSR count). The zero-order valence-corrected chi connectivity index (χ0v) is 18.9. The summed E-state index contributed by atoms with van der Waals surface area (Å²) in [7, 11) is 0. The summed E-state index contributed by atoms with van der Waals surface area (Å²) in [5, 5.41) is 10.2. The minimum absolute atomic E-state index is 0.0644. The Kier molecular flexibility index (Phi) is 5.16. The number of aryl methyl sites for hydroxylation is 1. The highest BCUT2D eigenvalue weighted by Gasteiger charge is 2.42. The molecule has 11 heteroatoms. The third kappa shape index (κ3) is 4.14. The van der Waals surface area contributed by atoms with Crippen LogP contribution in [0.1, 0.15) is 53.0 Å². The maximum absolute atomic E-state index is 13.0. The van der Waals surface area contributed by atoms with Crippen molar-refractivity contribution in [3.05, 3.63) is 71.3 Å². The Labute approximate surface area is 202 Å². The molecule has 1 saturated carbocycles. The molecule has 0 radical (unpaired) electrons. The fraction of sp³-hybridized carbons (Fsp3) is 0.320. The van der Waals surface area contributed by atoms with Crippen LogP contribution < -0.4 is 10.6 Å². The summed E-state index contributed by atoms with van der Waals surface area (Å²) >= 11 is 0. The monoisotopic (exact) mass is 494 g/mol. The van der Waals surface area contributed by atoms with E-state index in [1.807, 2.05) is 18.2 Å². The number of halogens is 3. The maximum Gasteiger partial charge on any atom is 0.389 e. The van der Waals surface area contributed by atoms with Crippen LogP contribution in [0.2, 0.25) is 0 Å². The van der Waals surface area contributed by atoms with E-state index in [0.29, 0.717) is 22.4 Å². The maximum atomic E-state index is 13.0. The molecule has 1 aromatic carbocycles. The standard InChI is InChI=1S/C25H21F3N6O2/c26-25(27,28)4-3-13-8-14(9-20-15(13)2-1-5-29-20)16-10-17(16)18-11-21(33-34-7-6-30-22(18)34)19-12-31-24(36)32-23(19)35/h1-2,5-9,11,16-17,19H,3-4,10,12H2,(H2,31,32,35,36)/t16-,17+,19?/m1/s1. The Morgan fingerprint density at radius 3 is 2.75 bits per heavy atom. The number of pyridine rings is 1. The Morgan fingerprint density at radius 1 is 1.08 bits per heavy atom. The van der Waals surface area contributed by atoms with Crippen molar-refractivity contribution >= 4 is 28.5 Å². The van der Waals surface area contributed by atoms with Crippen molar-refractivity contribution < 1.29 is 22.8 Å². The van der Waals surface area contributed by atoms with E-state index in [9.17, 15) is 22.8 Å². The number of nitrogens with zero attached hydrogens (tertiary/aromatic N) is 4. The van der Waals surface area contributed by atoms with Gasteiger partial charge in [0, 0.05) is 42.5 Å². The zero-order chi connectivity index (χ0) is 25.0. The van der Waals surface area contributed by atoms with Crippen LogP contribution >= 0.6 is 0 Å². The largest absolute Gasteiger partial charge is 0.389 e. The Balaban J connectivity index is 1.35. The second-order valence-corrected chi connectivity index (χ2v) is 9.29. The minimum atomic E-state index is -4.24. The van der Waals surface area contributed by atoms with Crippen LogP contribution in [0.25, 0.3) is 16.6 Å². The average Bonchev–Trinajstić information content (AvgIpc) is 3.49. The van der Waals surface area contributed by atoms with Crippen LogP contribution in [-0.4, -0.2) is 44.2 Å². The summed E-state index contributed by atoms with van der Waals surface area (Å²) in [5.74, 6) is -0.908. The van der Waals surface area contributed by atoms with Gasteiger partial charge in [0.25, 0.3) is 0 Å². The minimum Gasteiger partial charge on any atom is -0.337 e. The summed E-state index contributed by atoms with van der Waals surface area (Å²) in [6.07, 6.45) is 0.522. The van der Waals surface area contributed by atoms with Gasteiger partial charge in [-0.25, -0.2) is 14.3 Å². The molecule has 3 atom stereocenters. The predicted molar refractivity (Wildman–Crippen MR) is 123 cm³/mol. The number of amides is 3. The smallest absolute Gasteiger partial charge is 0.337 e. The van der Waals surface area contributed by atoms with Crippen LogP contribution in [-0.2, 0) is 11.2 Å². The highest BCUT2D eigenvalue weighted by atomic mass is 19.4. The van der Waals surface area contributed by atoms with Gasteiger partial charge in [0.2, 0.25) is 5.91 Å². The lowest BCUT2D eigenvalue weighted by atomic mass is 9.96. The third-order valence-electron chi connectivity index (χ3n) is 6.91. The van der Waals surface area contributed by atoms with Crippen LogP contribution in [0.5, 0.6) is 0 Å². The van der Waals surface area contributed by atoms with Crippen molar-refractivity contribution in [1.82, 2.24) is 30.2 Å². The van der Waals surface area contributed by atoms with E-state index in [1.165, 1.54) is 0 Å². The molecule has 8 nitrogen and oxygen atoms in total. The van der Waals surface area contributed by atoms with E-state index in [0.717, 1.165) is 22.9 Å². The zero-order valence-electron chi connectivity index (χ0n) is 18.9.